The molecule has 20 heavy (non-hydrogen) atoms. The third-order valence-electron chi connectivity index (χ3n) is 2.06. The van der Waals surface area contributed by atoms with Crippen molar-refractivity contribution in [2.45, 2.75) is 11.3 Å². The van der Waals surface area contributed by atoms with Crippen LogP contribution in [0.2, 0.25) is 0 Å². The second-order valence-corrected chi connectivity index (χ2v) is 6.01. The van der Waals surface area contributed by atoms with Crippen LogP contribution < -0.4 is 10.6 Å². The molecule has 0 saturated carbocycles. The van der Waals surface area contributed by atoms with Crippen molar-refractivity contribution in [3.8, 4) is 0 Å². The van der Waals surface area contributed by atoms with E-state index in [0.717, 1.165) is 0 Å². The van der Waals surface area contributed by atoms with E-state index in [2.05, 4.69) is 20.8 Å². The van der Waals surface area contributed by atoms with Crippen molar-refractivity contribution in [3.63, 3.8) is 0 Å². The zero-order chi connectivity index (χ0) is 14.4. The predicted molar refractivity (Wildman–Crippen MR) is 80.4 cm³/mol. The lowest BCUT2D eigenvalue weighted by atomic mass is 10.3. The number of benzene rings is 1. The van der Waals surface area contributed by atoms with Crippen LogP contribution in [0.15, 0.2) is 34.7 Å². The standard InChI is InChI=1S/C12H12N4O2S2/c1-8(17)7-19-12-16-15-11(20-12)14-10(18)13-9-5-3-2-4-6-9/h2-6H,7H2,1H3,(H2,13,14,15,18). The average Bonchev–Trinajstić information content (AvgIpc) is 2.85. The molecule has 8 heteroatoms. The molecule has 0 fully saturated rings. The van der Waals surface area contributed by atoms with Crippen LogP contribution in [-0.2, 0) is 4.79 Å². The van der Waals surface area contributed by atoms with Crippen molar-refractivity contribution in [2.24, 2.45) is 0 Å². The molecule has 0 saturated heterocycles. The van der Waals surface area contributed by atoms with Gasteiger partial charge in [-0.25, -0.2) is 4.79 Å². The van der Waals surface area contributed by atoms with Crippen LogP contribution in [-0.4, -0.2) is 27.8 Å². The number of hydrogen-bond donors (Lipinski definition) is 2. The number of rotatable bonds is 5. The number of carbonyl (C=O) groups is 2. The van der Waals surface area contributed by atoms with E-state index in [1.165, 1.54) is 30.0 Å². The van der Waals surface area contributed by atoms with Crippen molar-refractivity contribution in [3.05, 3.63) is 30.3 Å². The minimum Gasteiger partial charge on any atom is -0.308 e. The first kappa shape index (κ1) is 14.5. The third kappa shape index (κ3) is 4.63. The SMILES string of the molecule is CC(=O)CSc1nnc(NC(=O)Nc2ccccc2)s1. The molecule has 6 nitrogen and oxygen atoms in total. The summed E-state index contributed by atoms with van der Waals surface area (Å²) in [4.78, 5) is 22.6. The summed E-state index contributed by atoms with van der Waals surface area (Å²) < 4.78 is 0.648. The van der Waals surface area contributed by atoms with Crippen LogP contribution in [0.25, 0.3) is 0 Å². The van der Waals surface area contributed by atoms with Gasteiger partial charge in [0, 0.05) is 5.69 Å². The van der Waals surface area contributed by atoms with Gasteiger partial charge in [0.2, 0.25) is 5.13 Å². The van der Waals surface area contributed by atoms with E-state index in [9.17, 15) is 9.59 Å². The maximum atomic E-state index is 11.7. The molecule has 1 aromatic carbocycles. The number of para-hydroxylation sites is 1. The molecule has 1 aromatic heterocycles. The maximum absolute atomic E-state index is 11.7. The van der Waals surface area contributed by atoms with Gasteiger partial charge in [-0.15, -0.1) is 10.2 Å². The van der Waals surface area contributed by atoms with E-state index >= 15 is 0 Å². The molecule has 104 valence electrons. The number of aromatic nitrogens is 2. The first-order valence-electron chi connectivity index (χ1n) is 5.72. The summed E-state index contributed by atoms with van der Waals surface area (Å²) in [6.07, 6.45) is 0. The van der Waals surface area contributed by atoms with Crippen LogP contribution in [0.1, 0.15) is 6.92 Å². The number of nitrogens with one attached hydrogen (secondary N) is 2. The molecule has 2 rings (SSSR count). The smallest absolute Gasteiger partial charge is 0.308 e. The van der Waals surface area contributed by atoms with E-state index in [1.54, 1.807) is 12.1 Å². The van der Waals surface area contributed by atoms with Gasteiger partial charge >= 0.3 is 6.03 Å². The van der Waals surface area contributed by atoms with Crippen molar-refractivity contribution < 1.29 is 9.59 Å². The second kappa shape index (κ2) is 7.01. The van der Waals surface area contributed by atoms with E-state index < -0.39 is 0 Å². The van der Waals surface area contributed by atoms with Crippen LogP contribution in [0, 0.1) is 0 Å². The van der Waals surface area contributed by atoms with E-state index in [0.29, 0.717) is 20.9 Å². The number of Topliss-reactive ketones (excluding diaryl/α,β-unsaturated/α-hetero) is 1. The first-order valence-corrected chi connectivity index (χ1v) is 7.52. The summed E-state index contributed by atoms with van der Waals surface area (Å²) >= 11 is 2.53. The van der Waals surface area contributed by atoms with E-state index in [4.69, 9.17) is 0 Å². The van der Waals surface area contributed by atoms with Gasteiger partial charge in [0.15, 0.2) is 4.34 Å². The molecule has 0 atom stereocenters. The largest absolute Gasteiger partial charge is 0.325 e. The molecular weight excluding hydrogens is 296 g/mol. The fraction of sp³-hybridized carbons (Fsp3) is 0.167. The summed E-state index contributed by atoms with van der Waals surface area (Å²) in [5.41, 5.74) is 0.695. The number of thioether (sulfide) groups is 1. The van der Waals surface area contributed by atoms with Gasteiger partial charge in [-0.05, 0) is 19.1 Å². The quantitative estimate of drug-likeness (QED) is 0.655. The molecule has 2 aromatic rings. The number of anilines is 2. The summed E-state index contributed by atoms with van der Waals surface area (Å²) in [6, 6.07) is 8.72. The minimum atomic E-state index is -0.379. The van der Waals surface area contributed by atoms with Crippen LogP contribution >= 0.6 is 23.1 Å². The highest BCUT2D eigenvalue weighted by atomic mass is 32.2. The number of urea groups is 1. The Balaban J connectivity index is 1.87. The van der Waals surface area contributed by atoms with Crippen LogP contribution in [0.5, 0.6) is 0 Å². The summed E-state index contributed by atoms with van der Waals surface area (Å²) in [6.45, 7) is 1.51. The number of carbonyl (C=O) groups excluding carboxylic acids is 2. The zero-order valence-corrected chi connectivity index (χ0v) is 12.3. The average molecular weight is 308 g/mol. The van der Waals surface area contributed by atoms with Gasteiger partial charge in [-0.2, -0.15) is 0 Å². The second-order valence-electron chi connectivity index (χ2n) is 3.81. The molecule has 0 spiro atoms. The number of hydrogen-bond acceptors (Lipinski definition) is 6. The third-order valence-corrected chi connectivity index (χ3v) is 4.17. The fourth-order valence-corrected chi connectivity index (χ4v) is 2.81. The highest BCUT2D eigenvalue weighted by Gasteiger charge is 2.09. The van der Waals surface area contributed by atoms with Gasteiger partial charge < -0.3 is 5.32 Å². The molecular formula is C12H12N4O2S2. The molecule has 0 aliphatic heterocycles. The van der Waals surface area contributed by atoms with Gasteiger partial charge in [0.25, 0.3) is 0 Å². The Hall–Kier alpha value is -1.93. The fourth-order valence-electron chi connectivity index (χ4n) is 1.26. The number of ketones is 1. The Morgan fingerprint density at radius 2 is 1.95 bits per heavy atom. The number of nitrogens with zero attached hydrogens (tertiary/aromatic N) is 2. The monoisotopic (exact) mass is 308 g/mol. The van der Waals surface area contributed by atoms with Gasteiger partial charge in [0.1, 0.15) is 5.78 Å². The summed E-state index contributed by atoms with van der Waals surface area (Å²) in [5.74, 6) is 0.423. The highest BCUT2D eigenvalue weighted by molar-refractivity contribution is 8.01. The molecule has 0 unspecified atom stereocenters. The van der Waals surface area contributed by atoms with Crippen LogP contribution in [0.4, 0.5) is 15.6 Å². The lowest BCUT2D eigenvalue weighted by molar-refractivity contribution is -0.114. The van der Waals surface area contributed by atoms with Crippen molar-refractivity contribution in [1.29, 1.82) is 0 Å². The highest BCUT2D eigenvalue weighted by Crippen LogP contribution is 2.25. The van der Waals surface area contributed by atoms with Crippen molar-refractivity contribution in [2.75, 3.05) is 16.4 Å². The topological polar surface area (TPSA) is 84.0 Å². The Labute approximate surface area is 124 Å². The van der Waals surface area contributed by atoms with Crippen molar-refractivity contribution in [1.82, 2.24) is 10.2 Å². The van der Waals surface area contributed by atoms with Crippen LogP contribution in [0.3, 0.4) is 0 Å². The molecule has 1 heterocycles. The molecule has 0 aliphatic rings. The summed E-state index contributed by atoms with van der Waals surface area (Å²) in [5, 5.41) is 13.4. The van der Waals surface area contributed by atoms with Crippen molar-refractivity contribution >= 4 is 45.7 Å². The predicted octanol–water partition coefficient (Wildman–Crippen LogP) is 2.86. The Morgan fingerprint density at radius 3 is 2.65 bits per heavy atom. The van der Waals surface area contributed by atoms with E-state index in [1.807, 2.05) is 18.2 Å². The van der Waals surface area contributed by atoms with Gasteiger partial charge in [-0.3, -0.25) is 10.1 Å². The lowest BCUT2D eigenvalue weighted by Crippen LogP contribution is -2.19. The van der Waals surface area contributed by atoms with E-state index in [-0.39, 0.29) is 11.8 Å². The van der Waals surface area contributed by atoms with Gasteiger partial charge in [-0.1, -0.05) is 41.3 Å². The minimum absolute atomic E-state index is 0.0709. The molecule has 0 aliphatic carbocycles. The van der Waals surface area contributed by atoms with Gasteiger partial charge in [0.05, 0.1) is 5.75 Å². The molecule has 2 amide bonds. The summed E-state index contributed by atoms with van der Waals surface area (Å²) in [7, 11) is 0. The molecule has 0 bridgehead atoms. The zero-order valence-electron chi connectivity index (χ0n) is 10.6. The number of amides is 2. The molecule has 0 radical (unpaired) electrons. The Kier molecular flexibility index (Phi) is 5.08. The lowest BCUT2D eigenvalue weighted by Gasteiger charge is -2.03. The Morgan fingerprint density at radius 1 is 1.20 bits per heavy atom. The maximum Gasteiger partial charge on any atom is 0.325 e. The molecule has 2 N–H and O–H groups in total. The Bertz CT molecular complexity index is 601. The normalized spacial score (nSPS) is 10.1. The first-order chi connectivity index (χ1) is 9.63.